The van der Waals surface area contributed by atoms with Crippen LogP contribution in [0.15, 0.2) is 18.3 Å². The Morgan fingerprint density at radius 2 is 2.14 bits per heavy atom. The van der Waals surface area contributed by atoms with Crippen molar-refractivity contribution in [2.75, 3.05) is 0 Å². The van der Waals surface area contributed by atoms with E-state index < -0.39 is 6.16 Å². The van der Waals surface area contributed by atoms with Crippen LogP contribution in [0.2, 0.25) is 0 Å². The van der Waals surface area contributed by atoms with E-state index in [1.165, 1.54) is 6.20 Å². The van der Waals surface area contributed by atoms with E-state index in [1.807, 2.05) is 26.8 Å². The molecule has 1 N–H and O–H groups in total. The van der Waals surface area contributed by atoms with Crippen LogP contribution < -0.4 is 4.74 Å². The van der Waals surface area contributed by atoms with Crippen LogP contribution >= 0.6 is 0 Å². The van der Waals surface area contributed by atoms with Gasteiger partial charge in [-0.2, -0.15) is 0 Å². The van der Waals surface area contributed by atoms with Crippen LogP contribution in [0.1, 0.15) is 26.3 Å². The minimum Gasteiger partial charge on any atom is -0.449 e. The van der Waals surface area contributed by atoms with Gasteiger partial charge >= 0.3 is 6.16 Å². The second-order valence-corrected chi connectivity index (χ2v) is 3.97. The molecule has 0 aliphatic carbocycles. The normalized spacial score (nSPS) is 11.1. The summed E-state index contributed by atoms with van der Waals surface area (Å²) in [6, 6.07) is 3.57. The Balaban J connectivity index is 3.10. The smallest absolute Gasteiger partial charge is 0.449 e. The summed E-state index contributed by atoms with van der Waals surface area (Å²) in [4.78, 5) is 14.3. The fraction of sp³-hybridized carbons (Fsp3) is 0.400. The third kappa shape index (κ3) is 2.45. The van der Waals surface area contributed by atoms with E-state index in [1.54, 1.807) is 6.07 Å². The highest BCUT2D eigenvalue weighted by atomic mass is 16.7. The van der Waals surface area contributed by atoms with Crippen molar-refractivity contribution >= 4 is 6.16 Å². The number of rotatable bonds is 1. The Morgan fingerprint density at radius 1 is 1.50 bits per heavy atom. The van der Waals surface area contributed by atoms with Crippen molar-refractivity contribution in [1.29, 1.82) is 0 Å². The average molecular weight is 195 g/mol. The zero-order valence-electron chi connectivity index (χ0n) is 8.44. The summed E-state index contributed by atoms with van der Waals surface area (Å²) < 4.78 is 4.58. The van der Waals surface area contributed by atoms with Crippen LogP contribution in [0.5, 0.6) is 5.88 Å². The first kappa shape index (κ1) is 10.5. The second kappa shape index (κ2) is 3.65. The zero-order chi connectivity index (χ0) is 10.8. The third-order valence-electron chi connectivity index (χ3n) is 1.76. The summed E-state index contributed by atoms with van der Waals surface area (Å²) in [5.74, 6) is 0.160. The Labute approximate surface area is 82.5 Å². The molecule has 0 spiro atoms. The van der Waals surface area contributed by atoms with Gasteiger partial charge in [-0.15, -0.1) is 0 Å². The van der Waals surface area contributed by atoms with Crippen molar-refractivity contribution in [2.45, 2.75) is 26.2 Å². The van der Waals surface area contributed by atoms with Crippen molar-refractivity contribution < 1.29 is 14.6 Å². The third-order valence-corrected chi connectivity index (χ3v) is 1.76. The van der Waals surface area contributed by atoms with Crippen molar-refractivity contribution in [1.82, 2.24) is 4.98 Å². The molecule has 0 aliphatic heterocycles. The van der Waals surface area contributed by atoms with E-state index in [9.17, 15) is 4.79 Å². The minimum atomic E-state index is -1.34. The number of nitrogens with zero attached hydrogens (tertiary/aromatic N) is 1. The lowest BCUT2D eigenvalue weighted by Gasteiger charge is -2.20. The van der Waals surface area contributed by atoms with Gasteiger partial charge in [0.05, 0.1) is 0 Å². The summed E-state index contributed by atoms with van der Waals surface area (Å²) >= 11 is 0. The largest absolute Gasteiger partial charge is 0.512 e. The quantitative estimate of drug-likeness (QED) is 0.699. The molecule has 1 aromatic rings. The number of pyridine rings is 1. The number of hydrogen-bond acceptors (Lipinski definition) is 3. The minimum absolute atomic E-state index is 0.160. The molecule has 4 heteroatoms. The van der Waals surface area contributed by atoms with Gasteiger partial charge in [0, 0.05) is 11.8 Å². The SMILES string of the molecule is CC(C)(C)c1cccnc1OC(=O)O. The summed E-state index contributed by atoms with van der Waals surface area (Å²) in [7, 11) is 0. The molecule has 0 radical (unpaired) electrons. The molecule has 1 rings (SSSR count). The van der Waals surface area contributed by atoms with Gasteiger partial charge in [-0.3, -0.25) is 0 Å². The molecule has 0 atom stereocenters. The monoisotopic (exact) mass is 195 g/mol. The molecule has 0 unspecified atom stereocenters. The van der Waals surface area contributed by atoms with Crippen molar-refractivity contribution in [2.24, 2.45) is 0 Å². The molecule has 0 fully saturated rings. The highest BCUT2D eigenvalue weighted by Gasteiger charge is 2.20. The lowest BCUT2D eigenvalue weighted by molar-refractivity contribution is 0.141. The summed E-state index contributed by atoms with van der Waals surface area (Å²) in [6.07, 6.45) is 0.169. The predicted octanol–water partition coefficient (Wildman–Crippen LogP) is 2.44. The lowest BCUT2D eigenvalue weighted by atomic mass is 9.88. The fourth-order valence-electron chi connectivity index (χ4n) is 1.13. The first-order chi connectivity index (χ1) is 6.41. The standard InChI is InChI=1S/C10H13NO3/c1-10(2,3)7-5-4-6-11-8(7)14-9(12)13/h4-6H,1-3H3,(H,12,13). The number of carbonyl (C=O) groups is 1. The van der Waals surface area contributed by atoms with Crippen LogP contribution in [0.3, 0.4) is 0 Å². The topological polar surface area (TPSA) is 59.4 Å². The molecule has 0 aromatic carbocycles. The first-order valence-electron chi connectivity index (χ1n) is 4.27. The van der Waals surface area contributed by atoms with E-state index in [2.05, 4.69) is 9.72 Å². The van der Waals surface area contributed by atoms with Crippen LogP contribution in [-0.2, 0) is 5.41 Å². The van der Waals surface area contributed by atoms with Gasteiger partial charge in [-0.05, 0) is 11.5 Å². The molecule has 0 amide bonds. The Morgan fingerprint density at radius 3 is 2.64 bits per heavy atom. The van der Waals surface area contributed by atoms with Crippen LogP contribution in [0.4, 0.5) is 4.79 Å². The molecule has 14 heavy (non-hydrogen) atoms. The maximum atomic E-state index is 10.4. The zero-order valence-corrected chi connectivity index (χ0v) is 8.44. The lowest BCUT2D eigenvalue weighted by Crippen LogP contribution is -2.16. The van der Waals surface area contributed by atoms with Gasteiger partial charge in [0.1, 0.15) is 0 Å². The molecule has 0 bridgehead atoms. The number of ether oxygens (including phenoxy) is 1. The Hall–Kier alpha value is -1.58. The van der Waals surface area contributed by atoms with Gasteiger partial charge in [0.25, 0.3) is 0 Å². The van der Waals surface area contributed by atoms with Gasteiger partial charge in [0.2, 0.25) is 5.88 Å². The molecular weight excluding hydrogens is 182 g/mol. The van der Waals surface area contributed by atoms with Crippen LogP contribution in [0.25, 0.3) is 0 Å². The van der Waals surface area contributed by atoms with Crippen molar-refractivity contribution in [3.63, 3.8) is 0 Å². The van der Waals surface area contributed by atoms with Crippen LogP contribution in [-0.4, -0.2) is 16.2 Å². The van der Waals surface area contributed by atoms with E-state index in [-0.39, 0.29) is 11.3 Å². The molecule has 0 aliphatic rings. The molecule has 1 aromatic heterocycles. The molecule has 0 saturated heterocycles. The Kier molecular flexibility index (Phi) is 2.74. The number of carboxylic acid groups (broad SMARTS) is 1. The van der Waals surface area contributed by atoms with Gasteiger partial charge < -0.3 is 9.84 Å². The number of hydrogen-bond donors (Lipinski definition) is 1. The summed E-state index contributed by atoms with van der Waals surface area (Å²) in [6.45, 7) is 5.91. The van der Waals surface area contributed by atoms with E-state index in [4.69, 9.17) is 5.11 Å². The highest BCUT2D eigenvalue weighted by Crippen LogP contribution is 2.28. The second-order valence-electron chi connectivity index (χ2n) is 3.97. The maximum absolute atomic E-state index is 10.4. The van der Waals surface area contributed by atoms with Crippen molar-refractivity contribution in [3.05, 3.63) is 23.9 Å². The van der Waals surface area contributed by atoms with Gasteiger partial charge in [0.15, 0.2) is 0 Å². The highest BCUT2D eigenvalue weighted by molar-refractivity contribution is 5.61. The summed E-state index contributed by atoms with van der Waals surface area (Å²) in [5, 5.41) is 8.49. The molecular formula is C10H13NO3. The van der Waals surface area contributed by atoms with E-state index in [0.717, 1.165) is 5.56 Å². The Bertz CT molecular complexity index is 341. The fourth-order valence-corrected chi connectivity index (χ4v) is 1.13. The molecule has 4 nitrogen and oxygen atoms in total. The maximum Gasteiger partial charge on any atom is 0.512 e. The molecule has 76 valence electrons. The van der Waals surface area contributed by atoms with Gasteiger partial charge in [-0.1, -0.05) is 26.8 Å². The van der Waals surface area contributed by atoms with Crippen LogP contribution in [0, 0.1) is 0 Å². The van der Waals surface area contributed by atoms with E-state index >= 15 is 0 Å². The molecule has 1 heterocycles. The van der Waals surface area contributed by atoms with E-state index in [0.29, 0.717) is 0 Å². The van der Waals surface area contributed by atoms with Crippen molar-refractivity contribution in [3.8, 4) is 5.88 Å². The average Bonchev–Trinajstić information content (AvgIpc) is 2.01. The summed E-state index contributed by atoms with van der Waals surface area (Å²) in [5.41, 5.74) is 0.598. The molecule has 0 saturated carbocycles. The predicted molar refractivity (Wildman–Crippen MR) is 51.6 cm³/mol. The number of aromatic nitrogens is 1. The first-order valence-corrected chi connectivity index (χ1v) is 4.27. The van der Waals surface area contributed by atoms with Gasteiger partial charge in [-0.25, -0.2) is 9.78 Å².